The van der Waals surface area contributed by atoms with Gasteiger partial charge in [0.1, 0.15) is 5.82 Å². The number of carbonyl (C=O) groups is 1. The molecule has 0 aliphatic heterocycles. The molecule has 0 heterocycles. The number of benzene rings is 1. The van der Waals surface area contributed by atoms with E-state index in [9.17, 15) is 14.4 Å². The highest BCUT2D eigenvalue weighted by Crippen LogP contribution is 2.39. The van der Waals surface area contributed by atoms with E-state index in [1.807, 2.05) is 6.07 Å². The Labute approximate surface area is 92.4 Å². The summed E-state index contributed by atoms with van der Waals surface area (Å²) in [5, 5.41) is 9.80. The summed E-state index contributed by atoms with van der Waals surface area (Å²) in [6, 6.07) is 5.28. The van der Waals surface area contributed by atoms with E-state index >= 15 is 0 Å². The number of amides is 2. The van der Waals surface area contributed by atoms with E-state index in [2.05, 4.69) is 0 Å². The quantitative estimate of drug-likeness (QED) is 0.594. The van der Waals surface area contributed by atoms with Crippen LogP contribution in [0.1, 0.15) is 24.3 Å². The lowest BCUT2D eigenvalue weighted by Crippen LogP contribution is -2.47. The van der Waals surface area contributed by atoms with Gasteiger partial charge in [0, 0.05) is 0 Å². The van der Waals surface area contributed by atoms with Crippen LogP contribution in [0, 0.1) is 5.82 Å². The average Bonchev–Trinajstić information content (AvgIpc) is 2.15. The first kappa shape index (κ1) is 10.9. The number of carbonyl (C=O) groups excluding carboxylic acids is 1. The molecule has 1 aromatic carbocycles. The fourth-order valence-corrected chi connectivity index (χ4v) is 2.00. The average molecular weight is 224 g/mol. The van der Waals surface area contributed by atoms with Gasteiger partial charge in [-0.25, -0.2) is 14.2 Å². The molecular formula is C11H13FN2O2. The minimum absolute atomic E-state index is 0.190. The van der Waals surface area contributed by atoms with Gasteiger partial charge in [-0.15, -0.1) is 0 Å². The first-order valence-corrected chi connectivity index (χ1v) is 5.11. The molecule has 0 bridgehead atoms. The predicted octanol–water partition coefficient (Wildman–Crippen LogP) is 1.84. The van der Waals surface area contributed by atoms with Crippen molar-refractivity contribution in [3.63, 3.8) is 0 Å². The zero-order valence-corrected chi connectivity index (χ0v) is 8.64. The van der Waals surface area contributed by atoms with Crippen molar-refractivity contribution in [2.75, 3.05) is 0 Å². The van der Waals surface area contributed by atoms with Crippen LogP contribution in [0.3, 0.4) is 0 Å². The van der Waals surface area contributed by atoms with E-state index in [1.165, 1.54) is 12.1 Å². The van der Waals surface area contributed by atoms with E-state index in [1.54, 1.807) is 6.07 Å². The Kier molecular flexibility index (Phi) is 2.78. The van der Waals surface area contributed by atoms with Crippen molar-refractivity contribution in [3.05, 3.63) is 35.6 Å². The molecule has 2 amide bonds. The lowest BCUT2D eigenvalue weighted by atomic mass is 9.76. The number of primary amides is 1. The van der Waals surface area contributed by atoms with Gasteiger partial charge in [-0.3, -0.25) is 5.21 Å². The molecule has 1 aromatic rings. The minimum atomic E-state index is -0.845. The second kappa shape index (κ2) is 4.09. The number of urea groups is 1. The largest absolute Gasteiger partial charge is 0.350 e. The molecule has 5 heteroatoms. The summed E-state index contributed by atoms with van der Waals surface area (Å²) in [7, 11) is 0. The van der Waals surface area contributed by atoms with Crippen LogP contribution in [0.5, 0.6) is 0 Å². The van der Waals surface area contributed by atoms with E-state index in [0.717, 1.165) is 5.56 Å². The highest BCUT2D eigenvalue weighted by molar-refractivity contribution is 5.71. The fraction of sp³-hybridized carbons (Fsp3) is 0.364. The number of halogens is 1. The molecule has 0 saturated heterocycles. The molecule has 0 spiro atoms. The Hall–Kier alpha value is -1.62. The molecule has 86 valence electrons. The Bertz CT molecular complexity index is 405. The Morgan fingerprint density at radius 1 is 1.50 bits per heavy atom. The van der Waals surface area contributed by atoms with Crippen LogP contribution in [0.4, 0.5) is 9.18 Å². The van der Waals surface area contributed by atoms with Gasteiger partial charge < -0.3 is 5.73 Å². The topological polar surface area (TPSA) is 66.6 Å². The van der Waals surface area contributed by atoms with Crippen LogP contribution in [0.25, 0.3) is 0 Å². The molecule has 0 radical (unpaired) electrons. The van der Waals surface area contributed by atoms with Gasteiger partial charge in [-0.1, -0.05) is 12.1 Å². The molecule has 0 atom stereocenters. The van der Waals surface area contributed by atoms with Gasteiger partial charge in [0.05, 0.1) is 6.04 Å². The van der Waals surface area contributed by atoms with Gasteiger partial charge in [-0.2, -0.15) is 0 Å². The molecule has 16 heavy (non-hydrogen) atoms. The van der Waals surface area contributed by atoms with E-state index in [0.29, 0.717) is 17.9 Å². The molecule has 1 aliphatic rings. The van der Waals surface area contributed by atoms with Gasteiger partial charge >= 0.3 is 6.03 Å². The standard InChI is InChI=1S/C11H13FN2O2/c12-9-3-1-2-7(4-9)8-5-10(6-8)14(16)11(13)15/h1-4,8,10,16H,5-6H2,(H2,13,15)/t8-,10+. The minimum Gasteiger partial charge on any atom is -0.350 e. The SMILES string of the molecule is NC(=O)N(O)[C@H]1C[C@@H](c2cccc(F)c2)C1. The van der Waals surface area contributed by atoms with Crippen molar-refractivity contribution in [1.29, 1.82) is 0 Å². The number of hydrogen-bond donors (Lipinski definition) is 2. The second-order valence-electron chi connectivity index (χ2n) is 4.06. The highest BCUT2D eigenvalue weighted by Gasteiger charge is 2.35. The third-order valence-electron chi connectivity index (χ3n) is 3.00. The van der Waals surface area contributed by atoms with Gasteiger partial charge in [0.2, 0.25) is 0 Å². The van der Waals surface area contributed by atoms with Crippen LogP contribution in [0.15, 0.2) is 24.3 Å². The lowest BCUT2D eigenvalue weighted by molar-refractivity contribution is -0.102. The van der Waals surface area contributed by atoms with Crippen molar-refractivity contribution in [3.8, 4) is 0 Å². The summed E-state index contributed by atoms with van der Waals surface area (Å²) >= 11 is 0. The first-order valence-electron chi connectivity index (χ1n) is 5.11. The molecule has 1 fully saturated rings. The van der Waals surface area contributed by atoms with Crippen molar-refractivity contribution < 1.29 is 14.4 Å². The summed E-state index contributed by atoms with van der Waals surface area (Å²) < 4.78 is 12.9. The summed E-state index contributed by atoms with van der Waals surface area (Å²) in [6.45, 7) is 0. The van der Waals surface area contributed by atoms with Crippen LogP contribution in [0.2, 0.25) is 0 Å². The fourth-order valence-electron chi connectivity index (χ4n) is 2.00. The van der Waals surface area contributed by atoms with E-state index < -0.39 is 6.03 Å². The maximum Gasteiger partial charge on any atom is 0.338 e. The molecule has 0 aromatic heterocycles. The van der Waals surface area contributed by atoms with Crippen molar-refractivity contribution in [2.45, 2.75) is 24.8 Å². The Morgan fingerprint density at radius 3 is 2.75 bits per heavy atom. The third kappa shape index (κ3) is 1.99. The maximum absolute atomic E-state index is 12.9. The highest BCUT2D eigenvalue weighted by atomic mass is 19.1. The molecule has 1 saturated carbocycles. The number of nitrogens with zero attached hydrogens (tertiary/aromatic N) is 1. The predicted molar refractivity (Wildman–Crippen MR) is 55.4 cm³/mol. The number of nitrogens with two attached hydrogens (primary N) is 1. The number of hydrogen-bond acceptors (Lipinski definition) is 2. The Balaban J connectivity index is 1.96. The number of hydroxylamine groups is 2. The Morgan fingerprint density at radius 2 is 2.19 bits per heavy atom. The second-order valence-corrected chi connectivity index (χ2v) is 4.06. The van der Waals surface area contributed by atoms with Crippen LogP contribution < -0.4 is 5.73 Å². The normalized spacial score (nSPS) is 23.6. The van der Waals surface area contributed by atoms with Crippen LogP contribution >= 0.6 is 0 Å². The van der Waals surface area contributed by atoms with Gasteiger partial charge in [0.25, 0.3) is 0 Å². The molecule has 4 nitrogen and oxygen atoms in total. The lowest BCUT2D eigenvalue weighted by Gasteiger charge is -2.39. The van der Waals surface area contributed by atoms with Crippen molar-refractivity contribution in [2.24, 2.45) is 5.73 Å². The van der Waals surface area contributed by atoms with Crippen molar-refractivity contribution >= 4 is 6.03 Å². The zero-order chi connectivity index (χ0) is 11.7. The molecule has 1 aliphatic carbocycles. The third-order valence-corrected chi connectivity index (χ3v) is 3.00. The van der Waals surface area contributed by atoms with Crippen LogP contribution in [-0.4, -0.2) is 22.3 Å². The molecular weight excluding hydrogens is 211 g/mol. The molecule has 0 unspecified atom stereocenters. The monoisotopic (exact) mass is 224 g/mol. The molecule has 3 N–H and O–H groups in total. The van der Waals surface area contributed by atoms with Crippen LogP contribution in [-0.2, 0) is 0 Å². The van der Waals surface area contributed by atoms with E-state index in [-0.39, 0.29) is 17.8 Å². The van der Waals surface area contributed by atoms with Crippen molar-refractivity contribution in [1.82, 2.24) is 5.06 Å². The molecule has 2 rings (SSSR count). The summed E-state index contributed by atoms with van der Waals surface area (Å²) in [5.41, 5.74) is 5.83. The zero-order valence-electron chi connectivity index (χ0n) is 8.64. The van der Waals surface area contributed by atoms with E-state index in [4.69, 9.17) is 5.73 Å². The maximum atomic E-state index is 12.9. The van der Waals surface area contributed by atoms with Gasteiger partial charge in [-0.05, 0) is 36.5 Å². The summed E-state index contributed by atoms with van der Waals surface area (Å²) in [4.78, 5) is 10.7. The summed E-state index contributed by atoms with van der Waals surface area (Å²) in [5.74, 6) is -0.0774. The number of rotatable bonds is 2. The summed E-state index contributed by atoms with van der Waals surface area (Å²) in [6.07, 6.45) is 1.23. The van der Waals surface area contributed by atoms with Gasteiger partial charge in [0.15, 0.2) is 0 Å². The first-order chi connectivity index (χ1) is 7.58. The smallest absolute Gasteiger partial charge is 0.338 e.